The highest BCUT2D eigenvalue weighted by atomic mass is 16.3. The lowest BCUT2D eigenvalue weighted by atomic mass is 9.32. The molecule has 47 heavy (non-hydrogen) atoms. The Labute approximate surface area is 274 Å². The quantitative estimate of drug-likeness (QED) is 0.188. The van der Waals surface area contributed by atoms with Crippen molar-refractivity contribution >= 4 is 79.2 Å². The van der Waals surface area contributed by atoms with Crippen molar-refractivity contribution in [3.05, 3.63) is 163 Å². The summed E-state index contributed by atoms with van der Waals surface area (Å²) in [5.74, 6) is 0. The molecule has 4 heteroatoms. The molecule has 10 rings (SSSR count). The fourth-order valence-electron chi connectivity index (χ4n) is 8.10. The molecule has 0 atom stereocenters. The van der Waals surface area contributed by atoms with Crippen LogP contribution in [-0.4, -0.2) is 6.71 Å². The fourth-order valence-corrected chi connectivity index (χ4v) is 8.10. The highest BCUT2D eigenvalue weighted by molar-refractivity contribution is 7.00. The molecule has 0 saturated carbocycles. The summed E-state index contributed by atoms with van der Waals surface area (Å²) < 4.78 is 6.40. The molecule has 0 aliphatic carbocycles. The van der Waals surface area contributed by atoms with Crippen LogP contribution in [0.2, 0.25) is 0 Å². The van der Waals surface area contributed by atoms with Crippen molar-refractivity contribution in [2.24, 2.45) is 0 Å². The van der Waals surface area contributed by atoms with Crippen molar-refractivity contribution < 1.29 is 4.42 Å². The van der Waals surface area contributed by atoms with Gasteiger partial charge in [0.1, 0.15) is 11.2 Å². The van der Waals surface area contributed by atoms with Gasteiger partial charge in [-0.15, -0.1) is 0 Å². The molecule has 0 amide bonds. The first-order valence-corrected chi connectivity index (χ1v) is 16.2. The first-order valence-electron chi connectivity index (χ1n) is 16.2. The lowest BCUT2D eigenvalue weighted by molar-refractivity contribution is 0.669. The number of hydrogen-bond donors (Lipinski definition) is 0. The minimum absolute atomic E-state index is 0.0626. The second-order valence-electron chi connectivity index (χ2n) is 12.5. The Bertz CT molecular complexity index is 2500. The van der Waals surface area contributed by atoms with Gasteiger partial charge in [-0.1, -0.05) is 109 Å². The summed E-state index contributed by atoms with van der Waals surface area (Å²) in [5, 5.41) is 2.29. The van der Waals surface area contributed by atoms with Crippen LogP contribution in [0.3, 0.4) is 0 Å². The summed E-state index contributed by atoms with van der Waals surface area (Å²) in [7, 11) is 0. The van der Waals surface area contributed by atoms with Crippen LogP contribution < -0.4 is 26.2 Å². The Hall–Kier alpha value is -6.00. The van der Waals surface area contributed by atoms with E-state index in [0.29, 0.717) is 0 Å². The van der Waals surface area contributed by atoms with Crippen LogP contribution in [0.4, 0.5) is 34.1 Å². The van der Waals surface area contributed by atoms with E-state index in [9.17, 15) is 0 Å². The zero-order valence-corrected chi connectivity index (χ0v) is 25.9. The second-order valence-corrected chi connectivity index (χ2v) is 12.5. The van der Waals surface area contributed by atoms with E-state index >= 15 is 0 Å². The number of benzene rings is 7. The van der Waals surface area contributed by atoms with Gasteiger partial charge >= 0.3 is 0 Å². The third kappa shape index (κ3) is 3.70. The van der Waals surface area contributed by atoms with Crippen LogP contribution in [0.1, 0.15) is 5.56 Å². The number of rotatable bonds is 3. The summed E-state index contributed by atoms with van der Waals surface area (Å²) >= 11 is 0. The van der Waals surface area contributed by atoms with Crippen LogP contribution in [0.5, 0.6) is 0 Å². The van der Waals surface area contributed by atoms with Crippen molar-refractivity contribution in [2.45, 2.75) is 6.92 Å². The topological polar surface area (TPSA) is 19.6 Å². The molecule has 0 N–H and O–H groups in total. The standard InChI is InChI=1S/C43H29BN2O/c1-28-26-27-32(31-19-12-25-39-40(31)33-18-8-11-24-38(33)47-39)43-41(28)44-34-20-9-10-21-35(34)45(29-14-4-2-5-15-29)36-22-13-23-37(42(36)44)46(43)30-16-6-3-7-17-30/h2-27H,1H3. The molecule has 8 aromatic rings. The molecular formula is C43H29BN2O. The summed E-state index contributed by atoms with van der Waals surface area (Å²) in [4.78, 5) is 4.95. The molecular weight excluding hydrogens is 571 g/mol. The average Bonchev–Trinajstić information content (AvgIpc) is 3.52. The van der Waals surface area contributed by atoms with Crippen molar-refractivity contribution in [1.82, 2.24) is 0 Å². The summed E-state index contributed by atoms with van der Waals surface area (Å²) in [6.07, 6.45) is 0. The zero-order chi connectivity index (χ0) is 31.1. The largest absolute Gasteiger partial charge is 0.456 e. The monoisotopic (exact) mass is 600 g/mol. The highest BCUT2D eigenvalue weighted by Crippen LogP contribution is 2.48. The van der Waals surface area contributed by atoms with Gasteiger partial charge in [0.05, 0.1) is 0 Å². The molecule has 0 fully saturated rings. The van der Waals surface area contributed by atoms with E-state index in [4.69, 9.17) is 4.42 Å². The Morgan fingerprint density at radius 3 is 1.89 bits per heavy atom. The predicted octanol–water partition coefficient (Wildman–Crippen LogP) is 9.64. The van der Waals surface area contributed by atoms with Gasteiger partial charge in [0, 0.05) is 50.5 Å². The Morgan fingerprint density at radius 2 is 1.09 bits per heavy atom. The number of aryl methyl sites for hydroxylation is 1. The lowest BCUT2D eigenvalue weighted by Gasteiger charge is -2.45. The maximum absolute atomic E-state index is 6.40. The number of para-hydroxylation sites is 4. The molecule has 3 heterocycles. The van der Waals surface area contributed by atoms with Crippen LogP contribution in [0.15, 0.2) is 162 Å². The van der Waals surface area contributed by atoms with E-state index in [1.54, 1.807) is 0 Å². The van der Waals surface area contributed by atoms with Crippen LogP contribution >= 0.6 is 0 Å². The predicted molar refractivity (Wildman–Crippen MR) is 198 cm³/mol. The molecule has 0 bridgehead atoms. The number of anilines is 6. The van der Waals surface area contributed by atoms with Gasteiger partial charge in [-0.05, 0) is 83.5 Å². The van der Waals surface area contributed by atoms with Crippen LogP contribution in [0, 0.1) is 6.92 Å². The van der Waals surface area contributed by atoms with Gasteiger partial charge in [0.25, 0.3) is 6.71 Å². The molecule has 7 aromatic carbocycles. The molecule has 0 unspecified atom stereocenters. The smallest absolute Gasteiger partial charge is 0.252 e. The lowest BCUT2D eigenvalue weighted by Crippen LogP contribution is -2.62. The molecule has 2 aliphatic heterocycles. The van der Waals surface area contributed by atoms with Gasteiger partial charge in [-0.2, -0.15) is 0 Å². The van der Waals surface area contributed by atoms with Crippen LogP contribution in [-0.2, 0) is 0 Å². The fraction of sp³-hybridized carbons (Fsp3) is 0.0233. The Kier molecular flexibility index (Phi) is 5.59. The minimum Gasteiger partial charge on any atom is -0.456 e. The number of fused-ring (bicyclic) bond motifs is 7. The van der Waals surface area contributed by atoms with Crippen molar-refractivity contribution in [3.63, 3.8) is 0 Å². The van der Waals surface area contributed by atoms with Crippen molar-refractivity contribution in [2.75, 3.05) is 9.80 Å². The second kappa shape index (κ2) is 10.0. The first kappa shape index (κ1) is 26.2. The number of furan rings is 1. The molecule has 0 radical (unpaired) electrons. The third-order valence-corrected chi connectivity index (χ3v) is 9.99. The molecule has 220 valence electrons. The molecule has 2 aliphatic rings. The first-order chi connectivity index (χ1) is 23.3. The van der Waals surface area contributed by atoms with E-state index in [-0.39, 0.29) is 6.71 Å². The van der Waals surface area contributed by atoms with Gasteiger partial charge in [-0.25, -0.2) is 0 Å². The van der Waals surface area contributed by atoms with Crippen molar-refractivity contribution in [1.29, 1.82) is 0 Å². The van der Waals surface area contributed by atoms with Gasteiger partial charge in [0.2, 0.25) is 0 Å². The van der Waals surface area contributed by atoms with E-state index in [2.05, 4.69) is 168 Å². The summed E-state index contributed by atoms with van der Waals surface area (Å²) in [6.45, 7) is 2.34. The Morgan fingerprint density at radius 1 is 0.468 bits per heavy atom. The minimum atomic E-state index is 0.0626. The van der Waals surface area contributed by atoms with Gasteiger partial charge in [-0.3, -0.25) is 0 Å². The van der Waals surface area contributed by atoms with E-state index in [1.165, 1.54) is 55.8 Å². The maximum atomic E-state index is 6.40. The SMILES string of the molecule is Cc1ccc(-c2cccc3oc4ccccc4c23)c2c1B1c3ccccc3N(c3ccccc3)c3cccc(c31)N2c1ccccc1. The maximum Gasteiger partial charge on any atom is 0.252 e. The molecule has 1 aromatic heterocycles. The number of nitrogens with zero attached hydrogens (tertiary/aromatic N) is 2. The molecule has 0 spiro atoms. The van der Waals surface area contributed by atoms with Gasteiger partial charge in [0.15, 0.2) is 0 Å². The molecule has 0 saturated heterocycles. The highest BCUT2D eigenvalue weighted by Gasteiger charge is 2.44. The van der Waals surface area contributed by atoms with Crippen LogP contribution in [0.25, 0.3) is 33.1 Å². The normalized spacial score (nSPS) is 13.1. The molecule has 3 nitrogen and oxygen atoms in total. The van der Waals surface area contributed by atoms with Gasteiger partial charge < -0.3 is 14.2 Å². The Balaban J connectivity index is 1.35. The number of hydrogen-bond acceptors (Lipinski definition) is 3. The van der Waals surface area contributed by atoms with Crippen molar-refractivity contribution in [3.8, 4) is 11.1 Å². The average molecular weight is 601 g/mol. The summed E-state index contributed by atoms with van der Waals surface area (Å²) in [5.41, 5.74) is 16.6. The van der Waals surface area contributed by atoms with E-state index in [1.807, 2.05) is 6.07 Å². The van der Waals surface area contributed by atoms with E-state index in [0.717, 1.165) is 33.3 Å². The third-order valence-electron chi connectivity index (χ3n) is 9.99. The summed E-state index contributed by atoms with van der Waals surface area (Å²) in [6, 6.07) is 56.9. The zero-order valence-electron chi connectivity index (χ0n) is 25.9. The van der Waals surface area contributed by atoms with E-state index < -0.39 is 0 Å².